The molecule has 2 aromatic rings. The van der Waals surface area contributed by atoms with Gasteiger partial charge in [-0.1, -0.05) is 55.7 Å². The molecule has 160 valence electrons. The Kier molecular flexibility index (Phi) is 4.63. The molecule has 30 heavy (non-hydrogen) atoms. The predicted octanol–water partition coefficient (Wildman–Crippen LogP) is 3.35. The molecular formula is C22H25NO5S2. The number of hydroxylamine groups is 2. The Bertz CT molecular complexity index is 1140. The second kappa shape index (κ2) is 6.88. The van der Waals surface area contributed by atoms with Crippen LogP contribution in [-0.4, -0.2) is 44.2 Å². The van der Waals surface area contributed by atoms with E-state index < -0.39 is 35.4 Å². The van der Waals surface area contributed by atoms with Crippen LogP contribution in [-0.2, 0) is 24.5 Å². The van der Waals surface area contributed by atoms with E-state index in [1.165, 1.54) is 24.3 Å². The van der Waals surface area contributed by atoms with E-state index in [-0.39, 0.29) is 22.8 Å². The fraction of sp³-hybridized carbons (Fsp3) is 0.455. The Hall–Kier alpha value is -1.74. The minimum absolute atomic E-state index is 0.0727. The Morgan fingerprint density at radius 1 is 0.800 bits per heavy atom. The van der Waals surface area contributed by atoms with Crippen molar-refractivity contribution in [1.29, 1.82) is 0 Å². The first kappa shape index (κ1) is 20.2. The number of rotatable bonds is 4. The highest BCUT2D eigenvalue weighted by Gasteiger charge is 2.73. The van der Waals surface area contributed by atoms with E-state index in [0.717, 1.165) is 32.1 Å². The van der Waals surface area contributed by atoms with Gasteiger partial charge in [0.25, 0.3) is 0 Å². The zero-order chi connectivity index (χ0) is 21.0. The summed E-state index contributed by atoms with van der Waals surface area (Å²) in [5.41, 5.74) is -0.400. The highest BCUT2D eigenvalue weighted by Crippen LogP contribution is 2.58. The second-order valence-electron chi connectivity index (χ2n) is 8.59. The third kappa shape index (κ3) is 2.74. The SMILES string of the molecule is O=S(=O)(c1ccccc1)[C@H]1CN2O[C@@]1(S(=O)(=O)c1ccccc1)CC21CCCCC1. The largest absolute Gasteiger partial charge is 0.274 e. The number of fused-ring (bicyclic) bond motifs is 3. The smallest absolute Gasteiger partial charge is 0.214 e. The summed E-state index contributed by atoms with van der Waals surface area (Å²) in [6.45, 7) is 0.0727. The first-order valence-electron chi connectivity index (χ1n) is 10.4. The standard InChI is InChI=1S/C22H25NO5S2/c24-29(25,18-10-4-1-5-11-18)20-16-23-21(14-8-3-9-15-21)17-22(20,28-23)30(26,27)19-12-6-2-7-13-19/h1-2,4-7,10-13,20H,3,8-9,14-17H2/t20-,22+/m0/s1. The lowest BCUT2D eigenvalue weighted by Gasteiger charge is -2.43. The van der Waals surface area contributed by atoms with Crippen LogP contribution in [0.25, 0.3) is 0 Å². The number of sulfone groups is 2. The topological polar surface area (TPSA) is 80.8 Å². The number of nitrogens with zero attached hydrogens (tertiary/aromatic N) is 1. The van der Waals surface area contributed by atoms with Gasteiger partial charge >= 0.3 is 0 Å². The third-order valence-electron chi connectivity index (χ3n) is 6.93. The molecule has 1 spiro atoms. The van der Waals surface area contributed by atoms with Crippen molar-refractivity contribution in [2.75, 3.05) is 6.54 Å². The summed E-state index contributed by atoms with van der Waals surface area (Å²) in [5, 5.41) is 0.530. The first-order valence-corrected chi connectivity index (χ1v) is 13.4. The molecule has 1 aliphatic carbocycles. The maximum Gasteiger partial charge on any atom is 0.214 e. The van der Waals surface area contributed by atoms with Gasteiger partial charge in [0.1, 0.15) is 5.25 Å². The summed E-state index contributed by atoms with van der Waals surface area (Å²) in [5.74, 6) is 0. The van der Waals surface area contributed by atoms with Crippen molar-refractivity contribution >= 4 is 19.7 Å². The van der Waals surface area contributed by atoms with Gasteiger partial charge in [0.15, 0.2) is 9.84 Å². The van der Waals surface area contributed by atoms with Gasteiger partial charge in [-0.3, -0.25) is 4.84 Å². The molecule has 1 saturated carbocycles. The molecule has 1 unspecified atom stereocenters. The van der Waals surface area contributed by atoms with Crippen LogP contribution in [0, 0.1) is 0 Å². The van der Waals surface area contributed by atoms with Gasteiger partial charge in [-0.15, -0.1) is 0 Å². The highest BCUT2D eigenvalue weighted by molar-refractivity contribution is 7.96. The molecular weight excluding hydrogens is 422 g/mol. The molecule has 0 amide bonds. The van der Waals surface area contributed by atoms with E-state index in [2.05, 4.69) is 0 Å². The first-order chi connectivity index (χ1) is 14.3. The molecule has 5 rings (SSSR count). The van der Waals surface area contributed by atoms with E-state index in [0.29, 0.717) is 0 Å². The van der Waals surface area contributed by atoms with Crippen molar-refractivity contribution < 1.29 is 21.7 Å². The molecule has 0 N–H and O–H groups in total. The van der Waals surface area contributed by atoms with Crippen LogP contribution < -0.4 is 0 Å². The number of benzene rings is 2. The summed E-state index contributed by atoms with van der Waals surface area (Å²) in [6.07, 6.45) is 4.96. The second-order valence-corrected chi connectivity index (χ2v) is 12.9. The zero-order valence-corrected chi connectivity index (χ0v) is 18.2. The molecule has 2 aromatic carbocycles. The van der Waals surface area contributed by atoms with Crippen molar-refractivity contribution in [2.24, 2.45) is 0 Å². The maximum atomic E-state index is 13.9. The molecule has 6 nitrogen and oxygen atoms in total. The van der Waals surface area contributed by atoms with Gasteiger partial charge in [0.05, 0.1) is 15.3 Å². The lowest BCUT2D eigenvalue weighted by molar-refractivity contribution is -0.159. The summed E-state index contributed by atoms with van der Waals surface area (Å²) >= 11 is 0. The molecule has 2 heterocycles. The molecule has 2 saturated heterocycles. The third-order valence-corrected chi connectivity index (χ3v) is 11.6. The van der Waals surface area contributed by atoms with Gasteiger partial charge in [0, 0.05) is 13.0 Å². The van der Waals surface area contributed by atoms with Crippen molar-refractivity contribution in [3.8, 4) is 0 Å². The minimum atomic E-state index is -4.07. The quantitative estimate of drug-likeness (QED) is 0.715. The lowest BCUT2D eigenvalue weighted by Crippen LogP contribution is -2.58. The van der Waals surface area contributed by atoms with E-state index in [1.54, 1.807) is 41.5 Å². The minimum Gasteiger partial charge on any atom is -0.274 e. The Labute approximate surface area is 177 Å². The van der Waals surface area contributed by atoms with E-state index >= 15 is 0 Å². The molecule has 3 atom stereocenters. The van der Waals surface area contributed by atoms with Gasteiger partial charge in [-0.25, -0.2) is 16.8 Å². The Morgan fingerprint density at radius 2 is 1.37 bits per heavy atom. The van der Waals surface area contributed by atoms with Gasteiger partial charge in [-0.2, -0.15) is 5.06 Å². The van der Waals surface area contributed by atoms with E-state index in [9.17, 15) is 16.8 Å². The van der Waals surface area contributed by atoms with E-state index in [4.69, 9.17) is 4.84 Å². The fourth-order valence-electron chi connectivity index (χ4n) is 5.42. The van der Waals surface area contributed by atoms with Crippen LogP contribution in [0.5, 0.6) is 0 Å². The molecule has 3 aliphatic rings. The van der Waals surface area contributed by atoms with E-state index in [1.807, 2.05) is 0 Å². The molecule has 0 radical (unpaired) electrons. The van der Waals surface area contributed by atoms with Crippen molar-refractivity contribution in [3.63, 3.8) is 0 Å². The van der Waals surface area contributed by atoms with Gasteiger partial charge in [0.2, 0.25) is 14.8 Å². The molecule has 0 aromatic heterocycles. The molecule has 8 heteroatoms. The van der Waals surface area contributed by atoms with Crippen LogP contribution in [0.1, 0.15) is 38.5 Å². The van der Waals surface area contributed by atoms with Crippen LogP contribution in [0.4, 0.5) is 0 Å². The van der Waals surface area contributed by atoms with Gasteiger partial charge < -0.3 is 0 Å². The summed E-state index contributed by atoms with van der Waals surface area (Å²) in [7, 11) is -7.99. The van der Waals surface area contributed by atoms with Gasteiger partial charge in [-0.05, 0) is 37.1 Å². The van der Waals surface area contributed by atoms with Crippen LogP contribution in [0.2, 0.25) is 0 Å². The molecule has 2 bridgehead atoms. The highest BCUT2D eigenvalue weighted by atomic mass is 32.2. The molecule has 3 fully saturated rings. The van der Waals surface area contributed by atoms with Crippen LogP contribution in [0.3, 0.4) is 0 Å². The fourth-order valence-corrected chi connectivity index (χ4v) is 9.95. The average Bonchev–Trinajstić information content (AvgIpc) is 3.31. The zero-order valence-electron chi connectivity index (χ0n) is 16.6. The van der Waals surface area contributed by atoms with Crippen LogP contribution >= 0.6 is 0 Å². The number of piperidine rings is 1. The Morgan fingerprint density at radius 3 is 1.97 bits per heavy atom. The lowest BCUT2D eigenvalue weighted by atomic mass is 9.76. The average molecular weight is 448 g/mol. The number of hydrogen-bond acceptors (Lipinski definition) is 6. The van der Waals surface area contributed by atoms with Crippen molar-refractivity contribution in [1.82, 2.24) is 5.06 Å². The van der Waals surface area contributed by atoms with Crippen molar-refractivity contribution in [2.45, 2.75) is 64.0 Å². The maximum absolute atomic E-state index is 13.9. The summed E-state index contributed by atoms with van der Waals surface area (Å²) in [4.78, 5) is 4.59. The van der Waals surface area contributed by atoms with Crippen LogP contribution in [0.15, 0.2) is 70.5 Å². The summed E-state index contributed by atoms with van der Waals surface area (Å²) in [6, 6.07) is 16.2. The normalized spacial score (nSPS) is 30.5. The molecule has 2 aliphatic heterocycles. The van der Waals surface area contributed by atoms with Crippen molar-refractivity contribution in [3.05, 3.63) is 60.7 Å². The Balaban J connectivity index is 1.66. The predicted molar refractivity (Wildman–Crippen MR) is 112 cm³/mol. The monoisotopic (exact) mass is 447 g/mol. The summed E-state index contributed by atoms with van der Waals surface area (Å²) < 4.78 is 55.0. The number of hydrogen-bond donors (Lipinski definition) is 0.